The predicted molar refractivity (Wildman–Crippen MR) is 146 cm³/mol. The molecule has 1 N–H and O–H groups in total. The minimum Gasteiger partial charge on any atom is -0.493 e. The molecule has 0 bridgehead atoms. The van der Waals surface area contributed by atoms with Gasteiger partial charge in [0, 0.05) is 51.7 Å². The van der Waals surface area contributed by atoms with E-state index in [9.17, 15) is 18.7 Å². The Balaban J connectivity index is 1.45. The Bertz CT molecular complexity index is 1320. The van der Waals surface area contributed by atoms with Crippen LogP contribution in [0, 0.1) is 18.6 Å². The molecule has 1 amide bonds. The third-order valence-corrected chi connectivity index (χ3v) is 6.86. The molecule has 222 valence electrons. The van der Waals surface area contributed by atoms with Gasteiger partial charge in [-0.25, -0.2) is 13.8 Å². The van der Waals surface area contributed by atoms with E-state index in [-0.39, 0.29) is 38.0 Å². The Morgan fingerprint density at radius 3 is 2.59 bits per heavy atom. The molecule has 1 atom stereocenters. The number of ether oxygens (including phenoxy) is 4. The van der Waals surface area contributed by atoms with Crippen LogP contribution in [-0.2, 0) is 22.6 Å². The predicted octanol–water partition coefficient (Wildman–Crippen LogP) is 2.66. The molecule has 1 aliphatic rings. The number of aromatic nitrogens is 2. The lowest BCUT2D eigenvalue weighted by atomic mass is 10.0. The molecule has 12 heteroatoms. The quantitative estimate of drug-likeness (QED) is 0.353. The number of nitrogens with zero attached hydrogens (tertiary/aromatic N) is 4. The molecule has 10 nitrogen and oxygen atoms in total. The van der Waals surface area contributed by atoms with E-state index >= 15 is 0 Å². The van der Waals surface area contributed by atoms with Crippen LogP contribution in [0.4, 0.5) is 8.78 Å². The topological polar surface area (TPSA) is 98.5 Å². The van der Waals surface area contributed by atoms with E-state index < -0.39 is 17.2 Å². The molecule has 1 aromatic heterocycles. The molecule has 4 rings (SSSR count). The van der Waals surface area contributed by atoms with Crippen molar-refractivity contribution in [1.82, 2.24) is 19.4 Å². The number of methoxy groups -OCH3 is 2. The summed E-state index contributed by atoms with van der Waals surface area (Å²) in [5.74, 6) is -0.140. The van der Waals surface area contributed by atoms with Crippen LogP contribution in [0.15, 0.2) is 48.8 Å². The molecule has 0 aliphatic carbocycles. The van der Waals surface area contributed by atoms with Gasteiger partial charge in [-0.3, -0.25) is 9.69 Å². The maximum atomic E-state index is 13.7. The summed E-state index contributed by atoms with van der Waals surface area (Å²) >= 11 is 0. The largest absolute Gasteiger partial charge is 0.493 e. The van der Waals surface area contributed by atoms with Gasteiger partial charge in [-0.1, -0.05) is 6.07 Å². The van der Waals surface area contributed by atoms with Crippen molar-refractivity contribution in [2.75, 3.05) is 60.2 Å². The standard InChI is InChI=1S/C29H36F2N4O6/c1-21-32-8-9-34(21)12-13-40-26-7-4-22(14-27(26)39-3)16-33-10-11-35(28(36)17-38-2)19-29(37,18-33)20-41-23-5-6-24(30)25(31)15-23/h4-9,14-15,37H,10-13,16-20H2,1-3H3/t29-/m0/s1. The number of benzene rings is 2. The molecule has 0 saturated carbocycles. The maximum absolute atomic E-state index is 13.7. The fourth-order valence-corrected chi connectivity index (χ4v) is 4.76. The zero-order chi connectivity index (χ0) is 29.4. The zero-order valence-electron chi connectivity index (χ0n) is 23.5. The monoisotopic (exact) mass is 574 g/mol. The number of β-amino-alcohol motifs (C(OH)–C–C–N with tert-alkyl or cyclic N) is 1. The second-order valence-corrected chi connectivity index (χ2v) is 10.0. The average Bonchev–Trinajstić information content (AvgIpc) is 3.28. The number of hydrogen-bond acceptors (Lipinski definition) is 8. The van der Waals surface area contributed by atoms with E-state index in [4.69, 9.17) is 18.9 Å². The van der Waals surface area contributed by atoms with Gasteiger partial charge in [-0.2, -0.15) is 0 Å². The van der Waals surface area contributed by atoms with E-state index in [0.29, 0.717) is 44.3 Å². The first-order valence-corrected chi connectivity index (χ1v) is 13.3. The second-order valence-electron chi connectivity index (χ2n) is 10.0. The molecule has 3 aromatic rings. The molecule has 0 radical (unpaired) electrons. The van der Waals surface area contributed by atoms with Crippen molar-refractivity contribution in [3.05, 3.63) is 71.8 Å². The highest BCUT2D eigenvalue weighted by atomic mass is 19.2. The number of aryl methyl sites for hydroxylation is 1. The number of carbonyl (C=O) groups is 1. The van der Waals surface area contributed by atoms with E-state index in [1.807, 2.05) is 40.8 Å². The molecule has 0 unspecified atom stereocenters. The van der Waals surface area contributed by atoms with Crippen LogP contribution in [-0.4, -0.2) is 96.2 Å². The summed E-state index contributed by atoms with van der Waals surface area (Å²) in [7, 11) is 3.01. The van der Waals surface area contributed by atoms with Gasteiger partial charge in [0.1, 0.15) is 37.0 Å². The third kappa shape index (κ3) is 8.15. The summed E-state index contributed by atoms with van der Waals surface area (Å²) in [6.07, 6.45) is 3.64. The first-order chi connectivity index (χ1) is 19.7. The van der Waals surface area contributed by atoms with Crippen molar-refractivity contribution in [2.45, 2.75) is 25.6 Å². The SMILES string of the molecule is COCC(=O)N1CCN(Cc2ccc(OCCn3ccnc3C)c(OC)c2)C[C@@](O)(COc2ccc(F)c(F)c2)C1. The highest BCUT2D eigenvalue weighted by molar-refractivity contribution is 5.77. The number of amides is 1. The van der Waals surface area contributed by atoms with Gasteiger partial charge >= 0.3 is 0 Å². The van der Waals surface area contributed by atoms with Crippen molar-refractivity contribution in [1.29, 1.82) is 0 Å². The van der Waals surface area contributed by atoms with Gasteiger partial charge in [-0.05, 0) is 36.8 Å². The van der Waals surface area contributed by atoms with E-state index in [1.54, 1.807) is 13.3 Å². The summed E-state index contributed by atoms with van der Waals surface area (Å²) in [6.45, 7) is 4.10. The fourth-order valence-electron chi connectivity index (χ4n) is 4.76. The summed E-state index contributed by atoms with van der Waals surface area (Å²) in [5, 5.41) is 11.6. The highest BCUT2D eigenvalue weighted by Crippen LogP contribution is 2.29. The van der Waals surface area contributed by atoms with Gasteiger partial charge in [-0.15, -0.1) is 0 Å². The van der Waals surface area contributed by atoms with E-state index in [1.165, 1.54) is 18.1 Å². The lowest BCUT2D eigenvalue weighted by Crippen LogP contribution is -2.52. The first kappa shape index (κ1) is 30.2. The van der Waals surface area contributed by atoms with Crippen molar-refractivity contribution >= 4 is 5.91 Å². The molecule has 1 saturated heterocycles. The number of rotatable bonds is 12. The van der Waals surface area contributed by atoms with Crippen molar-refractivity contribution in [2.24, 2.45) is 0 Å². The van der Waals surface area contributed by atoms with Crippen molar-refractivity contribution < 1.29 is 37.6 Å². The van der Waals surface area contributed by atoms with Crippen LogP contribution in [0.2, 0.25) is 0 Å². The molecular weight excluding hydrogens is 538 g/mol. The second kappa shape index (κ2) is 13.7. The van der Waals surface area contributed by atoms with Gasteiger partial charge in [0.25, 0.3) is 0 Å². The minimum atomic E-state index is -1.50. The minimum absolute atomic E-state index is 0.0120. The molecule has 2 aromatic carbocycles. The van der Waals surface area contributed by atoms with E-state index in [2.05, 4.69) is 4.98 Å². The Hall–Kier alpha value is -3.74. The Morgan fingerprint density at radius 1 is 1.05 bits per heavy atom. The lowest BCUT2D eigenvalue weighted by molar-refractivity contribution is -0.138. The van der Waals surface area contributed by atoms with Crippen LogP contribution in [0.5, 0.6) is 17.2 Å². The third-order valence-electron chi connectivity index (χ3n) is 6.86. The van der Waals surface area contributed by atoms with Crippen LogP contribution >= 0.6 is 0 Å². The van der Waals surface area contributed by atoms with Crippen LogP contribution in [0.25, 0.3) is 0 Å². The summed E-state index contributed by atoms with van der Waals surface area (Å²) < 4.78 is 51.2. The number of halogens is 2. The lowest BCUT2D eigenvalue weighted by Gasteiger charge is -2.33. The van der Waals surface area contributed by atoms with Crippen molar-refractivity contribution in [3.8, 4) is 17.2 Å². The van der Waals surface area contributed by atoms with Crippen LogP contribution in [0.1, 0.15) is 11.4 Å². The van der Waals surface area contributed by atoms with Gasteiger partial charge < -0.3 is 33.5 Å². The summed E-state index contributed by atoms with van der Waals surface area (Å²) in [5.41, 5.74) is -0.580. The van der Waals surface area contributed by atoms with Gasteiger partial charge in [0.15, 0.2) is 23.1 Å². The smallest absolute Gasteiger partial charge is 0.248 e. The Kier molecular flexibility index (Phi) is 10.1. The van der Waals surface area contributed by atoms with Gasteiger partial charge in [0.2, 0.25) is 5.91 Å². The molecular formula is C29H36F2N4O6. The van der Waals surface area contributed by atoms with Crippen LogP contribution < -0.4 is 14.2 Å². The van der Waals surface area contributed by atoms with Crippen LogP contribution in [0.3, 0.4) is 0 Å². The molecule has 0 spiro atoms. The normalized spacial score (nSPS) is 17.8. The average molecular weight is 575 g/mol. The Labute approximate surface area is 238 Å². The summed E-state index contributed by atoms with van der Waals surface area (Å²) in [6, 6.07) is 8.83. The number of carbonyl (C=O) groups excluding carboxylic acids is 1. The number of aliphatic hydroxyl groups is 1. The molecule has 41 heavy (non-hydrogen) atoms. The zero-order valence-corrected chi connectivity index (χ0v) is 23.5. The highest BCUT2D eigenvalue weighted by Gasteiger charge is 2.37. The molecule has 1 fully saturated rings. The van der Waals surface area contributed by atoms with Gasteiger partial charge in [0.05, 0.1) is 20.2 Å². The number of hydrogen-bond donors (Lipinski definition) is 1. The first-order valence-electron chi connectivity index (χ1n) is 13.3. The molecule has 1 aliphatic heterocycles. The van der Waals surface area contributed by atoms with E-state index in [0.717, 1.165) is 23.5 Å². The Morgan fingerprint density at radius 2 is 1.88 bits per heavy atom. The maximum Gasteiger partial charge on any atom is 0.248 e. The fraction of sp³-hybridized carbons (Fsp3) is 0.448. The molecule has 2 heterocycles. The summed E-state index contributed by atoms with van der Waals surface area (Å²) in [4.78, 5) is 20.4. The van der Waals surface area contributed by atoms with Crippen molar-refractivity contribution in [3.63, 3.8) is 0 Å². The number of imidazole rings is 1.